The normalized spacial score (nSPS) is 14.3. The van der Waals surface area contributed by atoms with Gasteiger partial charge in [0.25, 0.3) is 0 Å². The average Bonchev–Trinajstić information content (AvgIpc) is 3.00. The predicted octanol–water partition coefficient (Wildman–Crippen LogP) is 1.78. The number of carbonyl (C=O) groups is 2. The molecule has 1 heterocycles. The number of thiazole rings is 1. The maximum Gasteiger partial charge on any atom is 0.324 e. The fraction of sp³-hybridized carbons (Fsp3) is 0.545. The second kappa shape index (κ2) is 5.34. The Morgan fingerprint density at radius 1 is 1.61 bits per heavy atom. The van der Waals surface area contributed by atoms with Gasteiger partial charge in [0.2, 0.25) is 0 Å². The minimum atomic E-state index is -0.999. The molecule has 18 heavy (non-hydrogen) atoms. The minimum Gasteiger partial charge on any atom is -0.480 e. The molecule has 0 unspecified atom stereocenters. The Hall–Kier alpha value is -1.63. The van der Waals surface area contributed by atoms with Crippen molar-refractivity contribution >= 4 is 28.5 Å². The van der Waals surface area contributed by atoms with E-state index in [-0.39, 0.29) is 6.54 Å². The molecule has 0 saturated heterocycles. The van der Waals surface area contributed by atoms with Crippen LogP contribution in [-0.4, -0.2) is 40.1 Å². The lowest BCUT2D eigenvalue weighted by atomic mass is 10.4. The summed E-state index contributed by atoms with van der Waals surface area (Å²) in [6.45, 7) is 2.07. The van der Waals surface area contributed by atoms with E-state index >= 15 is 0 Å². The Kier molecular flexibility index (Phi) is 3.81. The van der Waals surface area contributed by atoms with E-state index in [0.29, 0.717) is 17.6 Å². The Morgan fingerprint density at radius 3 is 2.83 bits per heavy atom. The van der Waals surface area contributed by atoms with Crippen LogP contribution in [0.1, 0.15) is 18.5 Å². The molecule has 2 amide bonds. The van der Waals surface area contributed by atoms with E-state index in [1.165, 1.54) is 16.2 Å². The first-order valence-electron chi connectivity index (χ1n) is 5.74. The van der Waals surface area contributed by atoms with E-state index in [1.807, 2.05) is 12.3 Å². The first kappa shape index (κ1) is 12.8. The first-order valence-corrected chi connectivity index (χ1v) is 6.62. The molecule has 6 nitrogen and oxygen atoms in total. The Bertz CT molecular complexity index is 456. The van der Waals surface area contributed by atoms with Crippen molar-refractivity contribution in [1.82, 2.24) is 9.88 Å². The maximum absolute atomic E-state index is 11.9. The van der Waals surface area contributed by atoms with Crippen molar-refractivity contribution in [2.75, 3.05) is 18.4 Å². The van der Waals surface area contributed by atoms with Crippen LogP contribution in [0.3, 0.4) is 0 Å². The number of aromatic nitrogens is 1. The fourth-order valence-electron chi connectivity index (χ4n) is 1.58. The van der Waals surface area contributed by atoms with Crippen LogP contribution in [0.4, 0.5) is 9.93 Å². The van der Waals surface area contributed by atoms with Gasteiger partial charge in [0.1, 0.15) is 6.54 Å². The van der Waals surface area contributed by atoms with Gasteiger partial charge in [-0.1, -0.05) is 0 Å². The van der Waals surface area contributed by atoms with Crippen LogP contribution in [0.25, 0.3) is 0 Å². The molecule has 1 saturated carbocycles. The summed E-state index contributed by atoms with van der Waals surface area (Å²) in [5.41, 5.74) is 0.835. The van der Waals surface area contributed by atoms with E-state index < -0.39 is 12.0 Å². The molecule has 2 rings (SSSR count). The Balaban J connectivity index is 1.95. The van der Waals surface area contributed by atoms with Crippen LogP contribution >= 0.6 is 11.3 Å². The number of anilines is 1. The molecular formula is C11H15N3O3S. The molecule has 1 fully saturated rings. The number of carboxylic acids is 1. The molecule has 0 radical (unpaired) electrons. The summed E-state index contributed by atoms with van der Waals surface area (Å²) in [7, 11) is 0. The van der Waals surface area contributed by atoms with Crippen LogP contribution in [0.15, 0.2) is 5.38 Å². The molecule has 0 spiro atoms. The van der Waals surface area contributed by atoms with E-state index in [9.17, 15) is 9.59 Å². The predicted molar refractivity (Wildman–Crippen MR) is 67.8 cm³/mol. The molecule has 7 heteroatoms. The second-order valence-corrected chi connectivity index (χ2v) is 5.30. The zero-order chi connectivity index (χ0) is 13.1. The van der Waals surface area contributed by atoms with Crippen LogP contribution < -0.4 is 5.32 Å². The van der Waals surface area contributed by atoms with Gasteiger partial charge in [-0.25, -0.2) is 9.78 Å². The number of carboxylic acid groups (broad SMARTS) is 1. The number of aryl methyl sites for hydroxylation is 1. The second-order valence-electron chi connectivity index (χ2n) is 4.44. The molecule has 1 aromatic heterocycles. The van der Waals surface area contributed by atoms with Crippen molar-refractivity contribution in [1.29, 1.82) is 0 Å². The summed E-state index contributed by atoms with van der Waals surface area (Å²) < 4.78 is 0. The van der Waals surface area contributed by atoms with Crippen LogP contribution in [0.2, 0.25) is 0 Å². The summed E-state index contributed by atoms with van der Waals surface area (Å²) >= 11 is 1.33. The largest absolute Gasteiger partial charge is 0.480 e. The number of rotatable bonds is 5. The minimum absolute atomic E-state index is 0.271. The van der Waals surface area contributed by atoms with Gasteiger partial charge >= 0.3 is 12.0 Å². The van der Waals surface area contributed by atoms with Gasteiger partial charge in [-0.05, 0) is 25.7 Å². The number of nitrogens with one attached hydrogen (secondary N) is 1. The third-order valence-electron chi connectivity index (χ3n) is 2.62. The van der Waals surface area contributed by atoms with Crippen molar-refractivity contribution in [3.8, 4) is 0 Å². The topological polar surface area (TPSA) is 82.5 Å². The quantitative estimate of drug-likeness (QED) is 0.853. The lowest BCUT2D eigenvalue weighted by molar-refractivity contribution is -0.137. The number of amides is 2. The fourth-order valence-corrected chi connectivity index (χ4v) is 2.25. The third kappa shape index (κ3) is 3.69. The number of urea groups is 1. The SMILES string of the molecule is Cc1csc(NC(=O)N(CC(=O)O)CC2CC2)n1. The van der Waals surface area contributed by atoms with Crippen molar-refractivity contribution in [2.45, 2.75) is 19.8 Å². The standard InChI is InChI=1S/C11H15N3O3S/c1-7-6-18-10(12-7)13-11(17)14(5-9(15)16)4-8-2-3-8/h6,8H,2-5H2,1H3,(H,15,16)(H,12,13,17). The van der Waals surface area contributed by atoms with Crippen molar-refractivity contribution < 1.29 is 14.7 Å². The summed E-state index contributed by atoms with van der Waals surface area (Å²) in [6, 6.07) is -0.390. The molecule has 0 aliphatic heterocycles. The Morgan fingerprint density at radius 2 is 2.33 bits per heavy atom. The summed E-state index contributed by atoms with van der Waals surface area (Å²) in [5, 5.41) is 13.8. The van der Waals surface area contributed by atoms with Gasteiger partial charge in [0.05, 0.1) is 5.69 Å². The Labute approximate surface area is 109 Å². The molecule has 98 valence electrons. The van der Waals surface area contributed by atoms with Crippen LogP contribution in [0, 0.1) is 12.8 Å². The third-order valence-corrected chi connectivity index (χ3v) is 3.50. The molecule has 1 aliphatic carbocycles. The highest BCUT2D eigenvalue weighted by molar-refractivity contribution is 7.13. The van der Waals surface area contributed by atoms with Crippen LogP contribution in [0.5, 0.6) is 0 Å². The van der Waals surface area contributed by atoms with Crippen molar-refractivity contribution in [3.63, 3.8) is 0 Å². The highest BCUT2D eigenvalue weighted by atomic mass is 32.1. The maximum atomic E-state index is 11.9. The first-order chi connectivity index (χ1) is 8.54. The average molecular weight is 269 g/mol. The molecule has 0 atom stereocenters. The van der Waals surface area contributed by atoms with Gasteiger partial charge in [-0.15, -0.1) is 11.3 Å². The highest BCUT2D eigenvalue weighted by Gasteiger charge is 2.28. The van der Waals surface area contributed by atoms with Crippen molar-refractivity contribution in [3.05, 3.63) is 11.1 Å². The number of aliphatic carboxylic acids is 1. The lowest BCUT2D eigenvalue weighted by Gasteiger charge is -2.20. The number of hydrogen-bond donors (Lipinski definition) is 2. The monoisotopic (exact) mass is 269 g/mol. The van der Waals surface area contributed by atoms with Crippen LogP contribution in [-0.2, 0) is 4.79 Å². The zero-order valence-corrected chi connectivity index (χ0v) is 10.9. The smallest absolute Gasteiger partial charge is 0.324 e. The molecule has 1 aromatic rings. The number of nitrogens with zero attached hydrogens (tertiary/aromatic N) is 2. The van der Waals surface area contributed by atoms with E-state index in [2.05, 4.69) is 10.3 Å². The van der Waals surface area contributed by atoms with Gasteiger partial charge in [0.15, 0.2) is 5.13 Å². The van der Waals surface area contributed by atoms with E-state index in [0.717, 1.165) is 18.5 Å². The summed E-state index contributed by atoms with van der Waals surface area (Å²) in [5.74, 6) is -0.547. The number of hydrogen-bond acceptors (Lipinski definition) is 4. The van der Waals surface area contributed by atoms with E-state index in [4.69, 9.17) is 5.11 Å². The molecule has 0 bridgehead atoms. The van der Waals surface area contributed by atoms with Gasteiger partial charge in [0, 0.05) is 11.9 Å². The van der Waals surface area contributed by atoms with Crippen molar-refractivity contribution in [2.24, 2.45) is 5.92 Å². The number of carbonyl (C=O) groups excluding carboxylic acids is 1. The summed E-state index contributed by atoms with van der Waals surface area (Å²) in [6.07, 6.45) is 2.14. The van der Waals surface area contributed by atoms with Gasteiger partial charge < -0.3 is 10.0 Å². The highest BCUT2D eigenvalue weighted by Crippen LogP contribution is 2.29. The molecular weight excluding hydrogens is 254 g/mol. The van der Waals surface area contributed by atoms with Gasteiger partial charge in [-0.2, -0.15) is 0 Å². The molecule has 0 aromatic carbocycles. The van der Waals surface area contributed by atoms with Gasteiger partial charge in [-0.3, -0.25) is 10.1 Å². The lowest BCUT2D eigenvalue weighted by Crippen LogP contribution is -2.40. The molecule has 2 N–H and O–H groups in total. The van der Waals surface area contributed by atoms with E-state index in [1.54, 1.807) is 0 Å². The molecule has 1 aliphatic rings. The summed E-state index contributed by atoms with van der Waals surface area (Å²) in [4.78, 5) is 28.1. The zero-order valence-electron chi connectivity index (χ0n) is 10.0.